The first-order valence-electron chi connectivity index (χ1n) is 6.80. The van der Waals surface area contributed by atoms with Gasteiger partial charge in [-0.3, -0.25) is 4.68 Å². The van der Waals surface area contributed by atoms with E-state index in [4.69, 9.17) is 5.73 Å². The lowest BCUT2D eigenvalue weighted by molar-refractivity contribution is 0.267. The summed E-state index contributed by atoms with van der Waals surface area (Å²) in [7, 11) is 0. The molecular weight excluding hydrogens is 210 g/mol. The summed E-state index contributed by atoms with van der Waals surface area (Å²) in [6, 6.07) is 0.730. The maximum Gasteiger partial charge on any atom is 0.0540 e. The summed E-state index contributed by atoms with van der Waals surface area (Å²) >= 11 is 0. The highest BCUT2D eigenvalue weighted by Crippen LogP contribution is 2.44. The number of hydrogen-bond donors (Lipinski definition) is 1. The number of rotatable bonds is 2. The van der Waals surface area contributed by atoms with E-state index in [0.717, 1.165) is 18.8 Å². The monoisotopic (exact) mass is 233 g/mol. The first kappa shape index (κ1) is 11.3. The molecule has 2 atom stereocenters. The van der Waals surface area contributed by atoms with Crippen LogP contribution in [-0.2, 0) is 6.42 Å². The molecule has 0 radical (unpaired) electrons. The zero-order chi connectivity index (χ0) is 12.2. The van der Waals surface area contributed by atoms with E-state index in [1.165, 1.54) is 24.1 Å². The van der Waals surface area contributed by atoms with Crippen molar-refractivity contribution >= 4 is 0 Å². The molecule has 2 aliphatic rings. The molecule has 3 nitrogen and oxygen atoms in total. The van der Waals surface area contributed by atoms with Crippen LogP contribution in [0.15, 0.2) is 6.20 Å². The molecule has 1 fully saturated rings. The van der Waals surface area contributed by atoms with E-state index < -0.39 is 0 Å². The van der Waals surface area contributed by atoms with E-state index >= 15 is 0 Å². The normalized spacial score (nSPS) is 28.8. The summed E-state index contributed by atoms with van der Waals surface area (Å²) in [5.41, 5.74) is 9.27. The zero-order valence-electron chi connectivity index (χ0n) is 11.1. The van der Waals surface area contributed by atoms with Crippen molar-refractivity contribution in [2.45, 2.75) is 58.5 Å². The van der Waals surface area contributed by atoms with E-state index in [1.54, 1.807) is 0 Å². The van der Waals surface area contributed by atoms with Crippen LogP contribution in [0.2, 0.25) is 0 Å². The second kappa shape index (κ2) is 3.58. The number of nitrogens with two attached hydrogens (primary N) is 1. The minimum atomic E-state index is 0.175. The van der Waals surface area contributed by atoms with Gasteiger partial charge in [-0.2, -0.15) is 5.10 Å². The lowest BCUT2D eigenvalue weighted by Gasteiger charge is -2.34. The first-order chi connectivity index (χ1) is 7.98. The van der Waals surface area contributed by atoms with Gasteiger partial charge in [0.2, 0.25) is 0 Å². The molecule has 3 heteroatoms. The van der Waals surface area contributed by atoms with Crippen molar-refractivity contribution in [3.63, 3.8) is 0 Å². The summed E-state index contributed by atoms with van der Waals surface area (Å²) in [5, 5.41) is 4.61. The molecule has 0 aromatic carbocycles. The van der Waals surface area contributed by atoms with Crippen molar-refractivity contribution in [1.29, 1.82) is 0 Å². The van der Waals surface area contributed by atoms with Gasteiger partial charge in [0.05, 0.1) is 12.2 Å². The molecule has 0 bridgehead atoms. The fraction of sp³-hybridized carbons (Fsp3) is 0.786. The molecule has 1 aromatic rings. The summed E-state index contributed by atoms with van der Waals surface area (Å²) in [4.78, 5) is 0. The molecule has 1 saturated carbocycles. The molecular formula is C14H23N3. The van der Waals surface area contributed by atoms with Crippen molar-refractivity contribution in [3.8, 4) is 0 Å². The van der Waals surface area contributed by atoms with Gasteiger partial charge in [-0.15, -0.1) is 0 Å². The van der Waals surface area contributed by atoms with E-state index in [0.29, 0.717) is 11.5 Å². The fourth-order valence-corrected chi connectivity index (χ4v) is 3.25. The molecule has 2 N–H and O–H groups in total. The number of aromatic nitrogens is 2. The third-order valence-electron chi connectivity index (χ3n) is 4.44. The smallest absolute Gasteiger partial charge is 0.0540 e. The Hall–Kier alpha value is -0.830. The van der Waals surface area contributed by atoms with Crippen LogP contribution in [0.25, 0.3) is 0 Å². The zero-order valence-corrected chi connectivity index (χ0v) is 11.1. The third kappa shape index (κ3) is 1.90. The third-order valence-corrected chi connectivity index (χ3v) is 4.44. The van der Waals surface area contributed by atoms with Crippen LogP contribution in [0.5, 0.6) is 0 Å². The van der Waals surface area contributed by atoms with Gasteiger partial charge < -0.3 is 5.73 Å². The van der Waals surface area contributed by atoms with E-state index in [2.05, 4.69) is 30.6 Å². The Bertz CT molecular complexity index is 429. The molecule has 0 aliphatic heterocycles. The van der Waals surface area contributed by atoms with Crippen LogP contribution < -0.4 is 5.73 Å². The van der Waals surface area contributed by atoms with Gasteiger partial charge in [0.1, 0.15) is 0 Å². The Morgan fingerprint density at radius 2 is 2.18 bits per heavy atom. The second-order valence-electron chi connectivity index (χ2n) is 6.72. The Morgan fingerprint density at radius 1 is 1.47 bits per heavy atom. The van der Waals surface area contributed by atoms with Crippen molar-refractivity contribution in [2.75, 3.05) is 0 Å². The Balaban J connectivity index is 1.97. The van der Waals surface area contributed by atoms with Crippen LogP contribution in [0.4, 0.5) is 0 Å². The predicted octanol–water partition coefficient (Wildman–Crippen LogP) is 2.83. The standard InChI is InChI=1S/C14H23N3/c1-9(10-4-5-10)17-13-7-14(2,3)6-12(15)11(13)8-16-17/h8-10,12H,4-7,15H2,1-3H3. The van der Waals surface area contributed by atoms with Gasteiger partial charge in [0.25, 0.3) is 0 Å². The van der Waals surface area contributed by atoms with Crippen LogP contribution in [0.1, 0.15) is 63.4 Å². The fourth-order valence-electron chi connectivity index (χ4n) is 3.25. The summed E-state index contributed by atoms with van der Waals surface area (Å²) in [6.45, 7) is 6.93. The average Bonchev–Trinajstić information content (AvgIpc) is 2.97. The van der Waals surface area contributed by atoms with Crippen LogP contribution >= 0.6 is 0 Å². The summed E-state index contributed by atoms with van der Waals surface area (Å²) in [5.74, 6) is 0.847. The van der Waals surface area contributed by atoms with Gasteiger partial charge in [0.15, 0.2) is 0 Å². The quantitative estimate of drug-likeness (QED) is 0.853. The predicted molar refractivity (Wildman–Crippen MR) is 68.7 cm³/mol. The Kier molecular flexibility index (Phi) is 2.37. The van der Waals surface area contributed by atoms with E-state index in [-0.39, 0.29) is 6.04 Å². The van der Waals surface area contributed by atoms with Gasteiger partial charge in [-0.1, -0.05) is 13.8 Å². The maximum atomic E-state index is 6.27. The highest BCUT2D eigenvalue weighted by molar-refractivity contribution is 5.27. The topological polar surface area (TPSA) is 43.8 Å². The Labute approximate surface area is 103 Å². The van der Waals surface area contributed by atoms with Gasteiger partial charge in [-0.05, 0) is 43.9 Å². The average molecular weight is 233 g/mol. The van der Waals surface area contributed by atoms with Crippen LogP contribution in [0.3, 0.4) is 0 Å². The van der Waals surface area contributed by atoms with Crippen LogP contribution in [-0.4, -0.2) is 9.78 Å². The molecule has 1 aromatic heterocycles. The highest BCUT2D eigenvalue weighted by Gasteiger charge is 2.36. The molecule has 0 spiro atoms. The minimum Gasteiger partial charge on any atom is -0.324 e. The molecule has 0 amide bonds. The number of hydrogen-bond acceptors (Lipinski definition) is 2. The van der Waals surface area contributed by atoms with Gasteiger partial charge >= 0.3 is 0 Å². The maximum absolute atomic E-state index is 6.27. The number of fused-ring (bicyclic) bond motifs is 1. The largest absolute Gasteiger partial charge is 0.324 e. The molecule has 2 aliphatic carbocycles. The molecule has 2 unspecified atom stereocenters. The highest BCUT2D eigenvalue weighted by atomic mass is 15.3. The number of nitrogens with zero attached hydrogens (tertiary/aromatic N) is 2. The van der Waals surface area contributed by atoms with Crippen molar-refractivity contribution in [3.05, 3.63) is 17.5 Å². The van der Waals surface area contributed by atoms with Gasteiger partial charge in [0, 0.05) is 17.3 Å². The van der Waals surface area contributed by atoms with E-state index in [1.807, 2.05) is 6.20 Å². The molecule has 17 heavy (non-hydrogen) atoms. The van der Waals surface area contributed by atoms with Crippen LogP contribution in [0, 0.1) is 11.3 Å². The summed E-state index contributed by atoms with van der Waals surface area (Å²) in [6.07, 6.45) is 6.93. The molecule has 94 valence electrons. The van der Waals surface area contributed by atoms with E-state index in [9.17, 15) is 0 Å². The molecule has 3 rings (SSSR count). The Morgan fingerprint density at radius 3 is 2.82 bits per heavy atom. The van der Waals surface area contributed by atoms with Crippen molar-refractivity contribution in [1.82, 2.24) is 9.78 Å². The minimum absolute atomic E-state index is 0.175. The second-order valence-corrected chi connectivity index (χ2v) is 6.72. The molecule has 1 heterocycles. The SMILES string of the molecule is CC(C1CC1)n1ncc2c1CC(C)(C)CC2N. The molecule has 0 saturated heterocycles. The van der Waals surface area contributed by atoms with Crippen molar-refractivity contribution in [2.24, 2.45) is 17.1 Å². The van der Waals surface area contributed by atoms with Crippen molar-refractivity contribution < 1.29 is 0 Å². The lowest BCUT2D eigenvalue weighted by atomic mass is 9.74. The van der Waals surface area contributed by atoms with Gasteiger partial charge in [-0.25, -0.2) is 0 Å². The lowest BCUT2D eigenvalue weighted by Crippen LogP contribution is -2.31. The summed E-state index contributed by atoms with van der Waals surface area (Å²) < 4.78 is 2.26. The first-order valence-corrected chi connectivity index (χ1v) is 6.80.